The summed E-state index contributed by atoms with van der Waals surface area (Å²) in [6, 6.07) is 5.01. The number of carbonyl (C=O) groups excluding carboxylic acids is 2. The van der Waals surface area contributed by atoms with Crippen LogP contribution in [0.25, 0.3) is 5.69 Å². The average Bonchev–Trinajstić information content (AvgIpc) is 3.25. The van der Waals surface area contributed by atoms with Crippen molar-refractivity contribution in [2.24, 2.45) is 0 Å². The van der Waals surface area contributed by atoms with Crippen LogP contribution in [0.3, 0.4) is 0 Å². The third kappa shape index (κ3) is 5.47. The Morgan fingerprint density at radius 3 is 2.59 bits per heavy atom. The minimum absolute atomic E-state index is 0.00680. The number of rotatable bonds is 8. The predicted molar refractivity (Wildman–Crippen MR) is 117 cm³/mol. The third-order valence-electron chi connectivity index (χ3n) is 5.33. The molecule has 1 aliphatic heterocycles. The van der Waals surface area contributed by atoms with E-state index in [4.69, 9.17) is 16.3 Å². The van der Waals surface area contributed by atoms with Gasteiger partial charge >= 0.3 is 5.97 Å². The van der Waals surface area contributed by atoms with Gasteiger partial charge in [-0.05, 0) is 44.0 Å². The van der Waals surface area contributed by atoms with Crippen LogP contribution in [0, 0.1) is 12.7 Å². The molecule has 0 spiro atoms. The summed E-state index contributed by atoms with van der Waals surface area (Å²) in [7, 11) is -3.16. The Kier molecular flexibility index (Phi) is 7.55. The van der Waals surface area contributed by atoms with Crippen molar-refractivity contribution >= 4 is 33.3 Å². The fourth-order valence-corrected chi connectivity index (χ4v) is 5.71. The zero-order valence-electron chi connectivity index (χ0n) is 17.9. The summed E-state index contributed by atoms with van der Waals surface area (Å²) in [6.07, 6.45) is 1.92. The minimum Gasteiger partial charge on any atom is -0.452 e. The van der Waals surface area contributed by atoms with Crippen molar-refractivity contribution < 1.29 is 27.1 Å². The first-order valence-corrected chi connectivity index (χ1v) is 12.5. The van der Waals surface area contributed by atoms with Crippen molar-refractivity contribution in [3.63, 3.8) is 0 Å². The highest BCUT2D eigenvalue weighted by Gasteiger charge is 2.35. The van der Waals surface area contributed by atoms with Crippen molar-refractivity contribution in [1.29, 1.82) is 0 Å². The summed E-state index contributed by atoms with van der Waals surface area (Å²) in [4.78, 5) is 26.9. The fraction of sp³-hybridized carbons (Fsp3) is 0.476. The van der Waals surface area contributed by atoms with Gasteiger partial charge in [-0.3, -0.25) is 4.79 Å². The van der Waals surface area contributed by atoms with Crippen LogP contribution < -0.4 is 0 Å². The number of unbranched alkanes of at least 4 members (excludes halogenated alkanes) is 1. The zero-order valence-corrected chi connectivity index (χ0v) is 19.5. The second-order valence-electron chi connectivity index (χ2n) is 7.71. The topological polar surface area (TPSA) is 98.6 Å². The van der Waals surface area contributed by atoms with E-state index in [9.17, 15) is 22.4 Å². The number of halogens is 2. The second-order valence-corrected chi connectivity index (χ2v) is 10.3. The highest BCUT2D eigenvalue weighted by molar-refractivity contribution is 7.91. The largest absolute Gasteiger partial charge is 0.452 e. The van der Waals surface area contributed by atoms with Gasteiger partial charge in [0.1, 0.15) is 16.5 Å². The van der Waals surface area contributed by atoms with Crippen LogP contribution in [0.1, 0.15) is 42.2 Å². The number of benzene rings is 1. The Labute approximate surface area is 191 Å². The van der Waals surface area contributed by atoms with E-state index in [0.29, 0.717) is 30.8 Å². The summed E-state index contributed by atoms with van der Waals surface area (Å²) >= 11 is 6.32. The van der Waals surface area contributed by atoms with Gasteiger partial charge in [0.2, 0.25) is 0 Å². The Balaban J connectivity index is 1.71. The van der Waals surface area contributed by atoms with Crippen LogP contribution in [0.4, 0.5) is 4.39 Å². The summed E-state index contributed by atoms with van der Waals surface area (Å²) in [6.45, 7) is 3.41. The maximum Gasteiger partial charge on any atom is 0.343 e. The molecule has 1 aromatic carbocycles. The molecule has 0 bridgehead atoms. The molecule has 1 atom stereocenters. The molecule has 0 N–H and O–H groups in total. The Bertz CT molecular complexity index is 1100. The number of aryl methyl sites for hydroxylation is 1. The van der Waals surface area contributed by atoms with Crippen LogP contribution >= 0.6 is 11.6 Å². The van der Waals surface area contributed by atoms with E-state index in [2.05, 4.69) is 5.10 Å². The Morgan fingerprint density at radius 2 is 2.00 bits per heavy atom. The zero-order chi connectivity index (χ0) is 23.5. The molecule has 1 amide bonds. The molecule has 32 heavy (non-hydrogen) atoms. The van der Waals surface area contributed by atoms with E-state index in [1.807, 2.05) is 6.92 Å². The first-order chi connectivity index (χ1) is 15.1. The number of nitrogens with zero attached hydrogens (tertiary/aromatic N) is 3. The molecule has 3 rings (SSSR count). The van der Waals surface area contributed by atoms with Crippen molar-refractivity contribution in [3.8, 4) is 5.69 Å². The predicted octanol–water partition coefficient (Wildman–Crippen LogP) is 2.95. The number of amides is 1. The number of aromatic nitrogens is 2. The molecule has 0 saturated carbocycles. The number of sulfone groups is 1. The minimum atomic E-state index is -3.16. The molecule has 11 heteroatoms. The fourth-order valence-electron chi connectivity index (χ4n) is 3.63. The lowest BCUT2D eigenvalue weighted by Gasteiger charge is -2.28. The van der Waals surface area contributed by atoms with Crippen molar-refractivity contribution in [3.05, 3.63) is 46.5 Å². The maximum atomic E-state index is 13.2. The van der Waals surface area contributed by atoms with Crippen molar-refractivity contribution in [2.45, 2.75) is 39.2 Å². The average molecular weight is 486 g/mol. The Morgan fingerprint density at radius 1 is 1.31 bits per heavy atom. The van der Waals surface area contributed by atoms with Gasteiger partial charge in [0.05, 0.1) is 22.9 Å². The lowest BCUT2D eigenvalue weighted by atomic mass is 10.2. The first-order valence-electron chi connectivity index (χ1n) is 10.3. The van der Waals surface area contributed by atoms with Crippen LogP contribution in [-0.2, 0) is 19.4 Å². The molecule has 1 fully saturated rings. The molecule has 174 valence electrons. The number of hydrogen-bond donors (Lipinski definition) is 0. The number of ether oxygens (including phenoxy) is 1. The first kappa shape index (κ1) is 24.2. The number of esters is 1. The highest BCUT2D eigenvalue weighted by Crippen LogP contribution is 2.25. The molecule has 1 aliphatic rings. The van der Waals surface area contributed by atoms with E-state index >= 15 is 0 Å². The monoisotopic (exact) mass is 485 g/mol. The van der Waals surface area contributed by atoms with Gasteiger partial charge in [-0.1, -0.05) is 24.9 Å². The van der Waals surface area contributed by atoms with Gasteiger partial charge in [-0.2, -0.15) is 5.10 Å². The molecule has 2 aromatic rings. The molecule has 2 heterocycles. The number of carbonyl (C=O) groups is 2. The molecule has 0 aliphatic carbocycles. The lowest BCUT2D eigenvalue weighted by Crippen LogP contribution is -2.43. The van der Waals surface area contributed by atoms with Gasteiger partial charge in [-0.15, -0.1) is 0 Å². The van der Waals surface area contributed by atoms with Gasteiger partial charge in [0, 0.05) is 12.6 Å². The van der Waals surface area contributed by atoms with E-state index in [-0.39, 0.29) is 22.2 Å². The normalized spacial score (nSPS) is 17.3. The summed E-state index contributed by atoms with van der Waals surface area (Å²) < 4.78 is 43.4. The lowest BCUT2D eigenvalue weighted by molar-refractivity contribution is -0.136. The van der Waals surface area contributed by atoms with Crippen molar-refractivity contribution in [1.82, 2.24) is 14.7 Å². The molecule has 1 unspecified atom stereocenters. The van der Waals surface area contributed by atoms with Crippen LogP contribution in [0.5, 0.6) is 0 Å². The van der Waals surface area contributed by atoms with Gasteiger partial charge in [0.25, 0.3) is 5.91 Å². The SMILES string of the molecule is CCCCN(C(=O)COC(=O)c1c(C)nn(-c2ccc(F)cc2)c1Cl)C1CCS(=O)(=O)C1. The van der Waals surface area contributed by atoms with Gasteiger partial charge in [0.15, 0.2) is 16.4 Å². The standard InChI is InChI=1S/C21H25ClFN3O5S/c1-3-4-10-25(17-9-11-32(29,30)13-17)18(27)12-31-21(28)19-14(2)24-26(20(19)22)16-7-5-15(23)6-8-16/h5-8,17H,3-4,9-13H2,1-2H3. The number of hydrogen-bond acceptors (Lipinski definition) is 6. The molecule has 1 aromatic heterocycles. The van der Waals surface area contributed by atoms with E-state index in [1.54, 1.807) is 6.92 Å². The van der Waals surface area contributed by atoms with E-state index < -0.39 is 40.2 Å². The molecular weight excluding hydrogens is 461 g/mol. The second kappa shape index (κ2) is 9.99. The van der Waals surface area contributed by atoms with Crippen molar-refractivity contribution in [2.75, 3.05) is 24.7 Å². The van der Waals surface area contributed by atoms with E-state index in [0.717, 1.165) is 6.42 Å². The highest BCUT2D eigenvalue weighted by atomic mass is 35.5. The smallest absolute Gasteiger partial charge is 0.343 e. The molecule has 8 nitrogen and oxygen atoms in total. The summed E-state index contributed by atoms with van der Waals surface area (Å²) in [5.74, 6) is -1.72. The van der Waals surface area contributed by atoms with Gasteiger partial charge in [-0.25, -0.2) is 22.3 Å². The van der Waals surface area contributed by atoms with E-state index in [1.165, 1.54) is 33.8 Å². The quantitative estimate of drug-likeness (QED) is 0.533. The summed E-state index contributed by atoms with van der Waals surface area (Å²) in [5.41, 5.74) is 0.761. The van der Waals surface area contributed by atoms with Crippen LogP contribution in [0.2, 0.25) is 5.15 Å². The summed E-state index contributed by atoms with van der Waals surface area (Å²) in [5, 5.41) is 4.19. The third-order valence-corrected chi connectivity index (χ3v) is 7.43. The molecule has 1 saturated heterocycles. The van der Waals surface area contributed by atoms with Gasteiger partial charge < -0.3 is 9.64 Å². The van der Waals surface area contributed by atoms with Crippen LogP contribution in [-0.4, -0.2) is 65.7 Å². The van der Waals surface area contributed by atoms with Crippen LogP contribution in [0.15, 0.2) is 24.3 Å². The molecule has 0 radical (unpaired) electrons. The molecular formula is C21H25ClFN3O5S. The Hall–Kier alpha value is -2.46. The maximum absolute atomic E-state index is 13.2.